The van der Waals surface area contributed by atoms with Crippen molar-refractivity contribution in [3.8, 4) is 0 Å². The fourth-order valence-corrected chi connectivity index (χ4v) is 5.74. The van der Waals surface area contributed by atoms with Crippen LogP contribution in [0.1, 0.15) is 180 Å². The number of carbonyl (C=O) groups excluding carboxylic acids is 2. The average Bonchev–Trinajstić information content (AvgIpc) is 3.06. The maximum atomic E-state index is 12.3. The van der Waals surface area contributed by atoms with Gasteiger partial charge in [-0.2, -0.15) is 0 Å². The fraction of sp³-hybridized carbons (Fsp3) is 0.846. The Bertz CT molecular complexity index is 732. The van der Waals surface area contributed by atoms with E-state index in [9.17, 15) is 24.9 Å². The molecule has 0 radical (unpaired) electrons. The van der Waals surface area contributed by atoms with Crippen molar-refractivity contribution in [3.63, 3.8) is 0 Å². The first-order valence-electron chi connectivity index (χ1n) is 19.3. The molecule has 2 unspecified atom stereocenters. The molecule has 0 bridgehead atoms. The molecule has 9 heteroatoms. The summed E-state index contributed by atoms with van der Waals surface area (Å²) in [6.07, 6.45) is 26.5. The second-order valence-electron chi connectivity index (χ2n) is 13.5. The van der Waals surface area contributed by atoms with Gasteiger partial charge in [0.25, 0.3) is 0 Å². The summed E-state index contributed by atoms with van der Waals surface area (Å²) in [4.78, 5) is 24.6. The maximum Gasteiger partial charge on any atom is 0.164 e. The van der Waals surface area contributed by atoms with Gasteiger partial charge >= 0.3 is 0 Å². The predicted molar refractivity (Wildman–Crippen MR) is 192 cm³/mol. The summed E-state index contributed by atoms with van der Waals surface area (Å²) in [7, 11) is 0. The van der Waals surface area contributed by atoms with Crippen LogP contribution in [-0.2, 0) is 9.59 Å². The summed E-state index contributed by atoms with van der Waals surface area (Å²) in [6, 6.07) is 0. The van der Waals surface area contributed by atoms with Crippen LogP contribution in [0.4, 0.5) is 0 Å². The van der Waals surface area contributed by atoms with E-state index in [1.54, 1.807) is 0 Å². The number of rotatable bonds is 36. The number of Topliss-reactive ketones (excluding diaryl/α,β-unsaturated/α-hetero) is 2. The van der Waals surface area contributed by atoms with Crippen molar-refractivity contribution in [2.75, 3.05) is 0 Å². The first-order valence-corrected chi connectivity index (χ1v) is 19.3. The van der Waals surface area contributed by atoms with Crippen molar-refractivity contribution in [2.45, 2.75) is 211 Å². The molecule has 282 valence electrons. The van der Waals surface area contributed by atoms with Gasteiger partial charge in [0.15, 0.2) is 24.1 Å². The normalized spacial score (nSPS) is 14.1. The highest BCUT2D eigenvalue weighted by atomic mass is 16.5. The van der Waals surface area contributed by atoms with E-state index in [0.717, 1.165) is 141 Å². The van der Waals surface area contributed by atoms with E-state index in [2.05, 4.69) is 24.3 Å². The SMILES string of the molecule is O=C(CCCCCCC/C=C\CCCCCCCC(O)O)C(O)C(O)C(O)C(=O)CCCCCCC/C=C\CCCCCCCC(O)O. The molecule has 0 aromatic rings. The number of aliphatic hydroxyl groups excluding tert-OH is 5. The minimum Gasteiger partial charge on any atom is -0.387 e. The zero-order chi connectivity index (χ0) is 35.7. The van der Waals surface area contributed by atoms with Crippen molar-refractivity contribution in [1.82, 2.24) is 0 Å². The van der Waals surface area contributed by atoms with Crippen molar-refractivity contribution >= 4 is 11.6 Å². The Hall–Kier alpha value is -1.46. The summed E-state index contributed by atoms with van der Waals surface area (Å²) in [5, 5.41) is 65.9. The highest BCUT2D eigenvalue weighted by Gasteiger charge is 2.33. The number of carbonyl (C=O) groups is 2. The van der Waals surface area contributed by atoms with Gasteiger partial charge in [-0.15, -0.1) is 0 Å². The van der Waals surface area contributed by atoms with Gasteiger partial charge in [0.2, 0.25) is 0 Å². The molecule has 48 heavy (non-hydrogen) atoms. The molecule has 9 nitrogen and oxygen atoms in total. The van der Waals surface area contributed by atoms with Crippen molar-refractivity contribution in [1.29, 1.82) is 0 Å². The Morgan fingerprint density at radius 2 is 0.604 bits per heavy atom. The first kappa shape index (κ1) is 46.5. The lowest BCUT2D eigenvalue weighted by molar-refractivity contribution is -0.146. The molecule has 0 aliphatic heterocycles. The highest BCUT2D eigenvalue weighted by Crippen LogP contribution is 2.15. The van der Waals surface area contributed by atoms with Crippen LogP contribution in [0.2, 0.25) is 0 Å². The van der Waals surface area contributed by atoms with Crippen LogP contribution in [-0.4, -0.2) is 78.2 Å². The molecule has 2 atom stereocenters. The zero-order valence-electron chi connectivity index (χ0n) is 29.9. The lowest BCUT2D eigenvalue weighted by Crippen LogP contribution is -2.45. The molecule has 0 rings (SSSR count). The van der Waals surface area contributed by atoms with Gasteiger partial charge in [0, 0.05) is 12.8 Å². The minimum atomic E-state index is -1.79. The molecular formula is C39H72O9. The smallest absolute Gasteiger partial charge is 0.164 e. The third-order valence-corrected chi connectivity index (χ3v) is 8.89. The number of hydrogen-bond acceptors (Lipinski definition) is 9. The lowest BCUT2D eigenvalue weighted by atomic mass is 9.95. The van der Waals surface area contributed by atoms with Crippen LogP contribution in [0.25, 0.3) is 0 Å². The zero-order valence-corrected chi connectivity index (χ0v) is 29.9. The summed E-state index contributed by atoms with van der Waals surface area (Å²) in [5.74, 6) is -1.07. The van der Waals surface area contributed by atoms with Gasteiger partial charge in [-0.3, -0.25) is 9.59 Å². The van der Waals surface area contributed by atoms with Crippen molar-refractivity contribution < 1.29 is 45.3 Å². The van der Waals surface area contributed by atoms with Crippen LogP contribution >= 0.6 is 0 Å². The maximum absolute atomic E-state index is 12.3. The van der Waals surface area contributed by atoms with Gasteiger partial charge in [-0.25, -0.2) is 0 Å². The molecule has 0 saturated carbocycles. The van der Waals surface area contributed by atoms with Gasteiger partial charge in [0.05, 0.1) is 0 Å². The molecular weight excluding hydrogens is 612 g/mol. The molecule has 0 amide bonds. The lowest BCUT2D eigenvalue weighted by Gasteiger charge is -2.21. The van der Waals surface area contributed by atoms with Crippen molar-refractivity contribution in [2.24, 2.45) is 0 Å². The second-order valence-corrected chi connectivity index (χ2v) is 13.5. The largest absolute Gasteiger partial charge is 0.387 e. The fourth-order valence-electron chi connectivity index (χ4n) is 5.74. The molecule has 0 heterocycles. The summed E-state index contributed by atoms with van der Waals surface area (Å²) in [5.41, 5.74) is 0. The number of aliphatic hydroxyl groups is 7. The minimum absolute atomic E-state index is 0.118. The molecule has 7 N–H and O–H groups in total. The van der Waals surface area contributed by atoms with E-state index >= 15 is 0 Å². The monoisotopic (exact) mass is 685 g/mol. The quantitative estimate of drug-likeness (QED) is 0.0211. The molecule has 0 saturated heterocycles. The van der Waals surface area contributed by atoms with Crippen molar-refractivity contribution in [3.05, 3.63) is 24.3 Å². The first-order chi connectivity index (χ1) is 23.2. The summed E-state index contributed by atoms with van der Waals surface area (Å²) >= 11 is 0. The Labute approximate surface area is 291 Å². The summed E-state index contributed by atoms with van der Waals surface area (Å²) < 4.78 is 0. The predicted octanol–water partition coefficient (Wildman–Crippen LogP) is 6.86. The molecule has 0 aromatic heterocycles. The third-order valence-electron chi connectivity index (χ3n) is 8.89. The van der Waals surface area contributed by atoms with Gasteiger partial charge in [-0.05, 0) is 89.9 Å². The summed E-state index contributed by atoms with van der Waals surface area (Å²) in [6.45, 7) is 0. The van der Waals surface area contributed by atoms with E-state index in [0.29, 0.717) is 25.7 Å². The molecule has 0 spiro atoms. The molecule has 0 fully saturated rings. The Kier molecular flexibility index (Phi) is 33.0. The van der Waals surface area contributed by atoms with Gasteiger partial charge in [-0.1, -0.05) is 101 Å². The Morgan fingerprint density at radius 3 is 0.896 bits per heavy atom. The number of unbranched alkanes of at least 4 members (excludes halogenated alkanes) is 20. The van der Waals surface area contributed by atoms with Crippen LogP contribution < -0.4 is 0 Å². The number of allylic oxidation sites excluding steroid dienone is 4. The standard InChI is InChI=1S/C39H72O9/c40-33(29-25-21-17-13-9-5-1-3-7-11-15-19-23-27-31-35(42)43)37(46)39(48)38(47)34(41)30-26-22-18-14-10-6-2-4-8-12-16-20-24-28-32-36(44)45/h1-4,35-39,42-48H,5-32H2/b3-1-,4-2-. The van der Waals surface area contributed by atoms with E-state index in [-0.39, 0.29) is 12.8 Å². The van der Waals surface area contributed by atoms with Crippen LogP contribution in [0, 0.1) is 0 Å². The van der Waals surface area contributed by atoms with E-state index in [1.165, 1.54) is 0 Å². The van der Waals surface area contributed by atoms with E-state index < -0.39 is 42.5 Å². The van der Waals surface area contributed by atoms with Crippen LogP contribution in [0.15, 0.2) is 24.3 Å². The van der Waals surface area contributed by atoms with Crippen LogP contribution in [0.5, 0.6) is 0 Å². The molecule has 0 aromatic carbocycles. The Morgan fingerprint density at radius 1 is 0.354 bits per heavy atom. The van der Waals surface area contributed by atoms with Gasteiger partial charge < -0.3 is 35.7 Å². The van der Waals surface area contributed by atoms with Gasteiger partial charge in [0.1, 0.15) is 18.3 Å². The third kappa shape index (κ3) is 30.6. The highest BCUT2D eigenvalue weighted by molar-refractivity contribution is 5.87. The number of hydrogen-bond donors (Lipinski definition) is 7. The van der Waals surface area contributed by atoms with E-state index in [1.807, 2.05) is 0 Å². The Balaban J connectivity index is 3.72. The number of ketones is 2. The second kappa shape index (κ2) is 34.0. The topological polar surface area (TPSA) is 176 Å². The molecule has 0 aliphatic rings. The van der Waals surface area contributed by atoms with E-state index in [4.69, 9.17) is 20.4 Å². The molecule has 0 aliphatic carbocycles. The average molecular weight is 685 g/mol. The van der Waals surface area contributed by atoms with Crippen LogP contribution in [0.3, 0.4) is 0 Å².